The number of hydrogen-bond donors (Lipinski definition) is 2. The molecule has 0 aliphatic heterocycles. The number of carbonyl (C=O) groups excluding carboxylic acids is 1. The Balaban J connectivity index is 1.88. The minimum absolute atomic E-state index is 0.0390. The Morgan fingerprint density at radius 2 is 1.60 bits per heavy atom. The van der Waals surface area contributed by atoms with Crippen molar-refractivity contribution in [3.63, 3.8) is 0 Å². The molecule has 0 aliphatic carbocycles. The number of sulfonamides is 1. The van der Waals surface area contributed by atoms with E-state index < -0.39 is 16.1 Å². The van der Waals surface area contributed by atoms with Gasteiger partial charge >= 0.3 is 0 Å². The summed E-state index contributed by atoms with van der Waals surface area (Å²) in [5, 5.41) is 2.75. The summed E-state index contributed by atoms with van der Waals surface area (Å²) < 4.78 is 34.1. The van der Waals surface area contributed by atoms with E-state index in [1.165, 1.54) is 12.1 Å². The van der Waals surface area contributed by atoms with Gasteiger partial charge in [0.2, 0.25) is 10.0 Å². The fourth-order valence-electron chi connectivity index (χ4n) is 2.95. The molecule has 0 aliphatic rings. The van der Waals surface area contributed by atoms with Crippen LogP contribution < -0.4 is 14.8 Å². The normalized spacial score (nSPS) is 12.2. The number of anilines is 1. The van der Waals surface area contributed by atoms with Gasteiger partial charge < -0.3 is 10.1 Å². The number of hydrogen-bond acceptors (Lipinski definition) is 4. The van der Waals surface area contributed by atoms with Crippen LogP contribution in [0, 0.1) is 0 Å². The predicted molar refractivity (Wildman–Crippen MR) is 117 cm³/mol. The third-order valence-electron chi connectivity index (χ3n) is 4.48. The SMILES string of the molecule is CCOc1ccc(S(=O)(=O)N[C@@H](C)c2ccccc2)cc1NC(=O)c1ccccc1. The molecule has 0 fully saturated rings. The third kappa shape index (κ3) is 5.25. The molecule has 0 radical (unpaired) electrons. The first kappa shape index (κ1) is 21.5. The minimum Gasteiger partial charge on any atom is -0.492 e. The van der Waals surface area contributed by atoms with Crippen molar-refractivity contribution in [1.29, 1.82) is 0 Å². The lowest BCUT2D eigenvalue weighted by Crippen LogP contribution is -2.27. The molecule has 30 heavy (non-hydrogen) atoms. The zero-order chi connectivity index (χ0) is 21.6. The smallest absolute Gasteiger partial charge is 0.255 e. The van der Waals surface area contributed by atoms with Gasteiger partial charge in [-0.05, 0) is 49.7 Å². The highest BCUT2D eigenvalue weighted by atomic mass is 32.2. The van der Waals surface area contributed by atoms with E-state index in [9.17, 15) is 13.2 Å². The summed E-state index contributed by atoms with van der Waals surface area (Å²) in [7, 11) is -3.82. The van der Waals surface area contributed by atoms with Crippen molar-refractivity contribution in [2.45, 2.75) is 24.8 Å². The predicted octanol–water partition coefficient (Wildman–Crippen LogP) is 4.38. The first-order valence-electron chi connectivity index (χ1n) is 9.61. The average Bonchev–Trinajstić information content (AvgIpc) is 2.76. The van der Waals surface area contributed by atoms with Crippen LogP contribution >= 0.6 is 0 Å². The lowest BCUT2D eigenvalue weighted by atomic mass is 10.1. The summed E-state index contributed by atoms with van der Waals surface area (Å²) in [4.78, 5) is 12.6. The number of amides is 1. The third-order valence-corrected chi connectivity index (χ3v) is 6.02. The molecule has 0 bridgehead atoms. The van der Waals surface area contributed by atoms with Gasteiger partial charge in [0.1, 0.15) is 5.75 Å². The van der Waals surface area contributed by atoms with E-state index in [4.69, 9.17) is 4.74 Å². The Morgan fingerprint density at radius 3 is 2.23 bits per heavy atom. The highest BCUT2D eigenvalue weighted by Gasteiger charge is 2.21. The number of rotatable bonds is 8. The van der Waals surface area contributed by atoms with Gasteiger partial charge in [-0.25, -0.2) is 13.1 Å². The molecule has 0 spiro atoms. The lowest BCUT2D eigenvalue weighted by Gasteiger charge is -2.17. The Labute approximate surface area is 177 Å². The van der Waals surface area contributed by atoms with Crippen molar-refractivity contribution < 1.29 is 17.9 Å². The number of ether oxygens (including phenoxy) is 1. The number of nitrogens with one attached hydrogen (secondary N) is 2. The molecular weight excluding hydrogens is 400 g/mol. The first-order chi connectivity index (χ1) is 14.4. The van der Waals surface area contributed by atoms with Crippen molar-refractivity contribution in [3.8, 4) is 5.75 Å². The molecule has 0 saturated heterocycles. The van der Waals surface area contributed by atoms with Crippen LogP contribution in [0.2, 0.25) is 0 Å². The monoisotopic (exact) mass is 424 g/mol. The van der Waals surface area contributed by atoms with Gasteiger partial charge in [0.25, 0.3) is 5.91 Å². The van der Waals surface area contributed by atoms with E-state index in [0.717, 1.165) is 5.56 Å². The van der Waals surface area contributed by atoms with E-state index in [1.807, 2.05) is 43.3 Å². The van der Waals surface area contributed by atoms with Crippen molar-refractivity contribution in [2.75, 3.05) is 11.9 Å². The van der Waals surface area contributed by atoms with E-state index in [1.54, 1.807) is 37.3 Å². The lowest BCUT2D eigenvalue weighted by molar-refractivity contribution is 0.102. The van der Waals surface area contributed by atoms with Crippen molar-refractivity contribution in [2.24, 2.45) is 0 Å². The Kier molecular flexibility index (Phi) is 6.87. The molecule has 3 aromatic carbocycles. The fourth-order valence-corrected chi connectivity index (χ4v) is 4.21. The van der Waals surface area contributed by atoms with E-state index >= 15 is 0 Å². The number of carbonyl (C=O) groups is 1. The van der Waals surface area contributed by atoms with E-state index in [-0.39, 0.29) is 10.8 Å². The summed E-state index contributed by atoms with van der Waals surface area (Å²) in [6.07, 6.45) is 0. The summed E-state index contributed by atoms with van der Waals surface area (Å²) >= 11 is 0. The van der Waals surface area contributed by atoms with Crippen molar-refractivity contribution in [3.05, 3.63) is 90.0 Å². The maximum atomic E-state index is 12.9. The molecule has 0 saturated carbocycles. The van der Waals surface area contributed by atoms with E-state index in [0.29, 0.717) is 23.6 Å². The summed E-state index contributed by atoms with van der Waals surface area (Å²) in [5.41, 5.74) is 1.61. The van der Waals surface area contributed by atoms with Gasteiger partial charge in [-0.2, -0.15) is 0 Å². The van der Waals surface area contributed by atoms with Gasteiger partial charge in [-0.3, -0.25) is 4.79 Å². The highest BCUT2D eigenvalue weighted by molar-refractivity contribution is 7.89. The minimum atomic E-state index is -3.82. The van der Waals surface area contributed by atoms with Crippen molar-refractivity contribution >= 4 is 21.6 Å². The molecule has 0 aromatic heterocycles. The van der Waals surface area contributed by atoms with Crippen LogP contribution in [0.4, 0.5) is 5.69 Å². The largest absolute Gasteiger partial charge is 0.492 e. The standard InChI is InChI=1S/C23H24N2O4S/c1-3-29-22-15-14-20(16-21(22)24-23(26)19-12-8-5-9-13-19)30(27,28)25-17(2)18-10-6-4-7-11-18/h4-17,25H,3H2,1-2H3,(H,24,26)/t17-/m0/s1. The maximum Gasteiger partial charge on any atom is 0.255 e. The first-order valence-corrected chi connectivity index (χ1v) is 11.1. The van der Waals surface area contributed by atoms with Crippen LogP contribution in [-0.4, -0.2) is 20.9 Å². The van der Waals surface area contributed by atoms with Gasteiger partial charge in [-0.15, -0.1) is 0 Å². The van der Waals surface area contributed by atoms with Gasteiger partial charge in [0.15, 0.2) is 0 Å². The molecule has 3 aromatic rings. The van der Waals surface area contributed by atoms with Crippen LogP contribution in [0.15, 0.2) is 83.8 Å². The molecule has 156 valence electrons. The van der Waals surface area contributed by atoms with Crippen LogP contribution in [0.25, 0.3) is 0 Å². The zero-order valence-electron chi connectivity index (χ0n) is 16.8. The molecule has 7 heteroatoms. The van der Waals surface area contributed by atoms with Crippen LogP contribution in [0.1, 0.15) is 35.8 Å². The fraction of sp³-hybridized carbons (Fsp3) is 0.174. The topological polar surface area (TPSA) is 84.5 Å². The molecule has 1 atom stereocenters. The highest BCUT2D eigenvalue weighted by Crippen LogP contribution is 2.29. The zero-order valence-corrected chi connectivity index (χ0v) is 17.6. The van der Waals surface area contributed by atoms with Crippen LogP contribution in [0.3, 0.4) is 0 Å². The molecule has 3 rings (SSSR count). The Hall–Kier alpha value is -3.16. The quantitative estimate of drug-likeness (QED) is 0.562. The summed E-state index contributed by atoms with van der Waals surface area (Å²) in [5.74, 6) is 0.0496. The molecule has 0 heterocycles. The van der Waals surface area contributed by atoms with Gasteiger partial charge in [-0.1, -0.05) is 48.5 Å². The maximum absolute atomic E-state index is 12.9. The van der Waals surface area contributed by atoms with Gasteiger partial charge in [0.05, 0.1) is 17.2 Å². The van der Waals surface area contributed by atoms with Crippen LogP contribution in [-0.2, 0) is 10.0 Å². The molecule has 0 unspecified atom stereocenters. The van der Waals surface area contributed by atoms with Gasteiger partial charge in [0, 0.05) is 11.6 Å². The molecule has 1 amide bonds. The van der Waals surface area contributed by atoms with E-state index in [2.05, 4.69) is 10.0 Å². The summed E-state index contributed by atoms with van der Waals surface area (Å²) in [6.45, 7) is 3.97. The Morgan fingerprint density at radius 1 is 0.967 bits per heavy atom. The molecular formula is C23H24N2O4S. The second-order valence-corrected chi connectivity index (χ2v) is 8.38. The number of benzene rings is 3. The molecule has 2 N–H and O–H groups in total. The second kappa shape index (κ2) is 9.56. The molecule has 6 nitrogen and oxygen atoms in total. The Bertz CT molecular complexity index is 1100. The second-order valence-electron chi connectivity index (χ2n) is 6.66. The average molecular weight is 425 g/mol. The van der Waals surface area contributed by atoms with Crippen LogP contribution in [0.5, 0.6) is 5.75 Å². The van der Waals surface area contributed by atoms with Crippen molar-refractivity contribution in [1.82, 2.24) is 4.72 Å². The summed E-state index contributed by atoms with van der Waals surface area (Å²) in [6, 6.07) is 22.0.